The summed E-state index contributed by atoms with van der Waals surface area (Å²) in [5, 5.41) is 9.11. The van der Waals surface area contributed by atoms with Crippen LogP contribution in [0.25, 0.3) is 0 Å². The minimum absolute atomic E-state index is 0.111. The summed E-state index contributed by atoms with van der Waals surface area (Å²) in [6, 6.07) is 0. The molecule has 0 aromatic rings. The molecule has 0 saturated carbocycles. The summed E-state index contributed by atoms with van der Waals surface area (Å²) in [6.07, 6.45) is 3.83. The first-order valence-electron chi connectivity index (χ1n) is 6.75. The third-order valence-corrected chi connectivity index (χ3v) is 4.57. The Balaban J connectivity index is 4.50. The van der Waals surface area contributed by atoms with Gasteiger partial charge in [-0.1, -0.05) is 26.2 Å². The van der Waals surface area contributed by atoms with Crippen molar-refractivity contribution in [3.05, 3.63) is 0 Å². The number of carbonyl (C=O) groups is 1. The summed E-state index contributed by atoms with van der Waals surface area (Å²) in [5.41, 5.74) is 0. The number of unbranched alkanes of at least 4 members (excludes halogenated alkanes) is 3. The SMILES string of the molecule is CCCCCCOC(C(=O)O)P(=O)(OCC)OCC. The van der Waals surface area contributed by atoms with E-state index >= 15 is 0 Å². The molecule has 0 saturated heterocycles. The van der Waals surface area contributed by atoms with Crippen molar-refractivity contribution >= 4 is 13.6 Å². The lowest BCUT2D eigenvalue weighted by Gasteiger charge is -2.23. The Hall–Kier alpha value is -0.420. The van der Waals surface area contributed by atoms with Crippen molar-refractivity contribution in [2.24, 2.45) is 0 Å². The van der Waals surface area contributed by atoms with Crippen molar-refractivity contribution < 1.29 is 28.3 Å². The monoisotopic (exact) mass is 296 g/mol. The standard InChI is InChI=1S/C12H25O6P/c1-4-7-8-9-10-16-12(11(13)14)19(15,17-5-2)18-6-3/h12H,4-10H2,1-3H3,(H,13,14). The number of aliphatic carboxylic acids is 1. The predicted octanol–water partition coefficient (Wildman–Crippen LogP) is 3.26. The zero-order valence-electron chi connectivity index (χ0n) is 12.0. The molecule has 0 amide bonds. The van der Waals surface area contributed by atoms with Gasteiger partial charge < -0.3 is 18.9 Å². The smallest absolute Gasteiger partial charge is 0.370 e. The zero-order valence-corrected chi connectivity index (χ0v) is 12.9. The summed E-state index contributed by atoms with van der Waals surface area (Å²) < 4.78 is 27.5. The molecule has 0 radical (unpaired) electrons. The molecule has 0 aliphatic rings. The van der Waals surface area contributed by atoms with Crippen LogP contribution in [0.4, 0.5) is 0 Å². The number of carboxylic acid groups (broad SMARTS) is 1. The third kappa shape index (κ3) is 7.06. The van der Waals surface area contributed by atoms with Crippen molar-refractivity contribution in [2.75, 3.05) is 19.8 Å². The van der Waals surface area contributed by atoms with Crippen LogP contribution in [0.2, 0.25) is 0 Å². The fourth-order valence-electron chi connectivity index (χ4n) is 1.55. The van der Waals surface area contributed by atoms with Gasteiger partial charge in [0.2, 0.25) is 0 Å². The number of carboxylic acids is 1. The molecule has 0 aromatic carbocycles. The Morgan fingerprint density at radius 1 is 1.11 bits per heavy atom. The Bertz CT molecular complexity index is 284. The van der Waals surface area contributed by atoms with Crippen LogP contribution in [-0.2, 0) is 23.1 Å². The lowest BCUT2D eigenvalue weighted by molar-refractivity contribution is -0.146. The zero-order chi connectivity index (χ0) is 14.7. The van der Waals surface area contributed by atoms with E-state index < -0.39 is 19.4 Å². The van der Waals surface area contributed by atoms with Crippen LogP contribution < -0.4 is 0 Å². The van der Waals surface area contributed by atoms with Crippen molar-refractivity contribution in [3.63, 3.8) is 0 Å². The quantitative estimate of drug-likeness (QED) is 0.439. The first kappa shape index (κ1) is 18.6. The molecule has 1 unspecified atom stereocenters. The second-order valence-electron chi connectivity index (χ2n) is 4.00. The van der Waals surface area contributed by atoms with E-state index in [4.69, 9.17) is 18.9 Å². The van der Waals surface area contributed by atoms with E-state index in [-0.39, 0.29) is 19.8 Å². The fourth-order valence-corrected chi connectivity index (χ4v) is 3.18. The maximum absolute atomic E-state index is 12.3. The second kappa shape index (κ2) is 10.4. The predicted molar refractivity (Wildman–Crippen MR) is 72.4 cm³/mol. The van der Waals surface area contributed by atoms with Crippen LogP contribution in [-0.4, -0.2) is 36.7 Å². The van der Waals surface area contributed by atoms with Gasteiger partial charge in [-0.15, -0.1) is 0 Å². The molecule has 0 heterocycles. The van der Waals surface area contributed by atoms with Gasteiger partial charge in [-0.05, 0) is 20.3 Å². The molecular weight excluding hydrogens is 271 g/mol. The van der Waals surface area contributed by atoms with Crippen LogP contribution >= 0.6 is 7.60 Å². The number of rotatable bonds is 12. The molecule has 0 spiro atoms. The third-order valence-electron chi connectivity index (χ3n) is 2.39. The highest BCUT2D eigenvalue weighted by Crippen LogP contribution is 2.53. The molecular formula is C12H25O6P. The van der Waals surface area contributed by atoms with Gasteiger partial charge in [-0.3, -0.25) is 4.57 Å². The van der Waals surface area contributed by atoms with Gasteiger partial charge in [-0.25, -0.2) is 4.79 Å². The molecule has 0 aromatic heterocycles. The maximum Gasteiger partial charge on any atom is 0.370 e. The Labute approximate surface area is 115 Å². The highest BCUT2D eigenvalue weighted by molar-refractivity contribution is 7.55. The number of hydrogen-bond acceptors (Lipinski definition) is 5. The van der Waals surface area contributed by atoms with E-state index in [0.717, 1.165) is 25.7 Å². The number of hydrogen-bond donors (Lipinski definition) is 1. The summed E-state index contributed by atoms with van der Waals surface area (Å²) in [6.45, 7) is 5.80. The van der Waals surface area contributed by atoms with Gasteiger partial charge in [0, 0.05) is 6.61 Å². The molecule has 0 bridgehead atoms. The van der Waals surface area contributed by atoms with Gasteiger partial charge in [-0.2, -0.15) is 0 Å². The lowest BCUT2D eigenvalue weighted by atomic mass is 10.2. The van der Waals surface area contributed by atoms with E-state index in [9.17, 15) is 9.36 Å². The molecule has 0 rings (SSSR count). The fraction of sp³-hybridized carbons (Fsp3) is 0.917. The topological polar surface area (TPSA) is 82.1 Å². The van der Waals surface area contributed by atoms with Gasteiger partial charge in [0.1, 0.15) is 0 Å². The lowest BCUT2D eigenvalue weighted by Crippen LogP contribution is -2.26. The van der Waals surface area contributed by atoms with Gasteiger partial charge in [0.05, 0.1) is 13.2 Å². The molecule has 6 nitrogen and oxygen atoms in total. The minimum atomic E-state index is -3.76. The van der Waals surface area contributed by atoms with E-state index in [1.54, 1.807) is 13.8 Å². The van der Waals surface area contributed by atoms with Crippen LogP contribution in [0.1, 0.15) is 46.5 Å². The van der Waals surface area contributed by atoms with Crippen LogP contribution in [0.5, 0.6) is 0 Å². The molecule has 0 aliphatic carbocycles. The highest BCUT2D eigenvalue weighted by atomic mass is 31.2. The van der Waals surface area contributed by atoms with Gasteiger partial charge in [0.25, 0.3) is 5.85 Å². The molecule has 114 valence electrons. The largest absolute Gasteiger partial charge is 0.479 e. The van der Waals surface area contributed by atoms with E-state index in [1.807, 2.05) is 0 Å². The Kier molecular flexibility index (Phi) is 10.1. The summed E-state index contributed by atoms with van der Waals surface area (Å²) in [5.74, 6) is -2.87. The molecule has 19 heavy (non-hydrogen) atoms. The van der Waals surface area contributed by atoms with E-state index in [2.05, 4.69) is 6.92 Å². The van der Waals surface area contributed by atoms with Crippen LogP contribution in [0.15, 0.2) is 0 Å². The average Bonchev–Trinajstić information content (AvgIpc) is 2.33. The van der Waals surface area contributed by atoms with Crippen molar-refractivity contribution in [1.82, 2.24) is 0 Å². The average molecular weight is 296 g/mol. The van der Waals surface area contributed by atoms with Crippen LogP contribution in [0.3, 0.4) is 0 Å². The summed E-state index contributed by atoms with van der Waals surface area (Å²) in [4.78, 5) is 11.2. The Morgan fingerprint density at radius 2 is 1.68 bits per heavy atom. The van der Waals surface area contributed by atoms with Gasteiger partial charge in [0.15, 0.2) is 0 Å². The second-order valence-corrected chi connectivity index (χ2v) is 6.06. The van der Waals surface area contributed by atoms with Crippen molar-refractivity contribution in [1.29, 1.82) is 0 Å². The first-order chi connectivity index (χ1) is 9.01. The molecule has 7 heteroatoms. The van der Waals surface area contributed by atoms with Gasteiger partial charge >= 0.3 is 13.6 Å². The molecule has 1 N–H and O–H groups in total. The first-order valence-corrected chi connectivity index (χ1v) is 8.36. The minimum Gasteiger partial charge on any atom is -0.479 e. The van der Waals surface area contributed by atoms with Crippen LogP contribution in [0, 0.1) is 0 Å². The number of ether oxygens (including phenoxy) is 1. The summed E-state index contributed by atoms with van der Waals surface area (Å²) in [7, 11) is -3.76. The Morgan fingerprint density at radius 3 is 2.11 bits per heavy atom. The normalized spacial score (nSPS) is 13.4. The molecule has 0 fully saturated rings. The maximum atomic E-state index is 12.3. The van der Waals surface area contributed by atoms with Crippen molar-refractivity contribution in [3.8, 4) is 0 Å². The van der Waals surface area contributed by atoms with E-state index in [0.29, 0.717) is 0 Å². The van der Waals surface area contributed by atoms with E-state index in [1.165, 1.54) is 0 Å². The summed E-state index contributed by atoms with van der Waals surface area (Å²) >= 11 is 0. The molecule has 0 aliphatic heterocycles. The highest BCUT2D eigenvalue weighted by Gasteiger charge is 2.42. The van der Waals surface area contributed by atoms with Crippen molar-refractivity contribution in [2.45, 2.75) is 52.3 Å². The molecule has 1 atom stereocenters.